The number of hydrogen-bond donors (Lipinski definition) is 1. The molecule has 1 amide bonds. The van der Waals surface area contributed by atoms with Gasteiger partial charge in [-0.25, -0.2) is 0 Å². The second-order valence-electron chi connectivity index (χ2n) is 4.57. The van der Waals surface area contributed by atoms with E-state index in [-0.39, 0.29) is 19.1 Å². The lowest BCUT2D eigenvalue weighted by molar-refractivity contribution is -0.135. The van der Waals surface area contributed by atoms with E-state index in [9.17, 15) is 4.79 Å². The Morgan fingerprint density at radius 1 is 1.61 bits per heavy atom. The topological polar surface area (TPSA) is 75.8 Å². The van der Waals surface area contributed by atoms with E-state index in [2.05, 4.69) is 5.16 Å². The molecule has 1 aliphatic rings. The third kappa shape index (κ3) is 3.22. The van der Waals surface area contributed by atoms with Gasteiger partial charge in [-0.2, -0.15) is 0 Å². The molecule has 2 heterocycles. The van der Waals surface area contributed by atoms with Gasteiger partial charge in [-0.15, -0.1) is 0 Å². The summed E-state index contributed by atoms with van der Waals surface area (Å²) in [5, 5.41) is 12.7. The highest BCUT2D eigenvalue weighted by molar-refractivity contribution is 5.77. The average Bonchev–Trinajstić information content (AvgIpc) is 2.82. The van der Waals surface area contributed by atoms with Crippen molar-refractivity contribution in [1.29, 1.82) is 0 Å². The number of rotatable bonds is 4. The van der Waals surface area contributed by atoms with E-state index in [1.807, 2.05) is 0 Å². The Morgan fingerprint density at radius 2 is 2.33 bits per heavy atom. The van der Waals surface area contributed by atoms with Gasteiger partial charge in [-0.3, -0.25) is 4.79 Å². The zero-order chi connectivity index (χ0) is 13.0. The number of carbonyl (C=O) groups is 1. The number of piperidine rings is 1. The average molecular weight is 254 g/mol. The number of hydrogen-bond acceptors (Lipinski definition) is 5. The first-order valence-corrected chi connectivity index (χ1v) is 6.14. The molecule has 0 aliphatic carbocycles. The molecule has 100 valence electrons. The molecule has 6 nitrogen and oxygen atoms in total. The van der Waals surface area contributed by atoms with E-state index < -0.39 is 0 Å². The van der Waals surface area contributed by atoms with Gasteiger partial charge in [0.05, 0.1) is 0 Å². The van der Waals surface area contributed by atoms with Gasteiger partial charge in [0.25, 0.3) is 11.8 Å². The highest BCUT2D eigenvalue weighted by Crippen LogP contribution is 2.16. The van der Waals surface area contributed by atoms with Crippen molar-refractivity contribution in [1.82, 2.24) is 10.1 Å². The first-order valence-electron chi connectivity index (χ1n) is 6.14. The van der Waals surface area contributed by atoms with E-state index in [0.29, 0.717) is 30.6 Å². The molecule has 6 heteroatoms. The Labute approximate surface area is 106 Å². The lowest BCUT2D eigenvalue weighted by Gasteiger charge is -2.30. The number of amides is 1. The van der Waals surface area contributed by atoms with Crippen molar-refractivity contribution >= 4 is 5.91 Å². The summed E-state index contributed by atoms with van der Waals surface area (Å²) in [7, 11) is 0. The molecule has 0 atom stereocenters. The Hall–Kier alpha value is -1.56. The third-order valence-corrected chi connectivity index (χ3v) is 3.18. The first-order chi connectivity index (χ1) is 8.69. The molecule has 0 saturated carbocycles. The number of likely N-dealkylation sites (tertiary alicyclic amines) is 1. The van der Waals surface area contributed by atoms with Gasteiger partial charge < -0.3 is 19.3 Å². The van der Waals surface area contributed by atoms with Crippen LogP contribution in [0, 0.1) is 12.8 Å². The predicted molar refractivity (Wildman–Crippen MR) is 63.1 cm³/mol. The number of aryl methyl sites for hydroxylation is 1. The quantitative estimate of drug-likeness (QED) is 0.851. The van der Waals surface area contributed by atoms with Crippen LogP contribution >= 0.6 is 0 Å². The lowest BCUT2D eigenvalue weighted by Crippen LogP contribution is -2.41. The second kappa shape index (κ2) is 5.86. The molecule has 1 aromatic rings. The molecule has 1 N–H and O–H groups in total. The molecule has 0 radical (unpaired) electrons. The van der Waals surface area contributed by atoms with Crippen LogP contribution in [0.2, 0.25) is 0 Å². The van der Waals surface area contributed by atoms with Gasteiger partial charge >= 0.3 is 0 Å². The highest BCUT2D eigenvalue weighted by atomic mass is 16.5. The largest absolute Gasteiger partial charge is 0.465 e. The van der Waals surface area contributed by atoms with Crippen molar-refractivity contribution in [3.63, 3.8) is 0 Å². The molecule has 1 saturated heterocycles. The molecule has 0 bridgehead atoms. The number of aliphatic hydroxyl groups is 1. The van der Waals surface area contributed by atoms with Crippen LogP contribution in [-0.4, -0.2) is 47.4 Å². The zero-order valence-electron chi connectivity index (χ0n) is 10.5. The molecule has 2 rings (SSSR count). The van der Waals surface area contributed by atoms with Crippen molar-refractivity contribution in [2.24, 2.45) is 5.92 Å². The van der Waals surface area contributed by atoms with Gasteiger partial charge in [0.15, 0.2) is 6.61 Å². The fourth-order valence-corrected chi connectivity index (χ4v) is 2.00. The van der Waals surface area contributed by atoms with Crippen LogP contribution in [0.4, 0.5) is 0 Å². The summed E-state index contributed by atoms with van der Waals surface area (Å²) < 4.78 is 10.1. The van der Waals surface area contributed by atoms with E-state index >= 15 is 0 Å². The van der Waals surface area contributed by atoms with Crippen LogP contribution in [0.3, 0.4) is 0 Å². The summed E-state index contributed by atoms with van der Waals surface area (Å²) in [5.74, 6) is 1.27. The van der Waals surface area contributed by atoms with Gasteiger partial charge in [-0.1, -0.05) is 0 Å². The minimum Gasteiger partial charge on any atom is -0.465 e. The zero-order valence-corrected chi connectivity index (χ0v) is 10.5. The Kier molecular flexibility index (Phi) is 4.19. The number of ether oxygens (including phenoxy) is 1. The Bertz CT molecular complexity index is 397. The maximum atomic E-state index is 11.9. The summed E-state index contributed by atoms with van der Waals surface area (Å²) in [4.78, 5) is 13.6. The maximum absolute atomic E-state index is 11.9. The fourth-order valence-electron chi connectivity index (χ4n) is 2.00. The molecule has 1 aromatic heterocycles. The fraction of sp³-hybridized carbons (Fsp3) is 0.667. The summed E-state index contributed by atoms with van der Waals surface area (Å²) in [6.07, 6.45) is 1.70. The van der Waals surface area contributed by atoms with Gasteiger partial charge in [-0.05, 0) is 30.8 Å². The van der Waals surface area contributed by atoms with E-state index in [1.54, 1.807) is 17.9 Å². The van der Waals surface area contributed by atoms with Crippen molar-refractivity contribution in [2.45, 2.75) is 19.8 Å². The van der Waals surface area contributed by atoms with Gasteiger partial charge in [0.1, 0.15) is 5.76 Å². The molecule has 18 heavy (non-hydrogen) atoms. The smallest absolute Gasteiger partial charge is 0.260 e. The molecule has 1 fully saturated rings. The molecule has 0 unspecified atom stereocenters. The van der Waals surface area contributed by atoms with Crippen LogP contribution in [0.15, 0.2) is 10.6 Å². The van der Waals surface area contributed by atoms with E-state index in [4.69, 9.17) is 14.4 Å². The van der Waals surface area contributed by atoms with Crippen LogP contribution < -0.4 is 4.74 Å². The number of aromatic nitrogens is 1. The normalized spacial score (nSPS) is 16.9. The van der Waals surface area contributed by atoms with Crippen LogP contribution in [0.25, 0.3) is 0 Å². The minimum atomic E-state index is -0.0490. The van der Waals surface area contributed by atoms with Crippen LogP contribution in [-0.2, 0) is 4.79 Å². The SMILES string of the molecule is Cc1cc(OCC(=O)N2CCC(CO)CC2)no1. The van der Waals surface area contributed by atoms with Crippen LogP contribution in [0.1, 0.15) is 18.6 Å². The monoisotopic (exact) mass is 254 g/mol. The summed E-state index contributed by atoms with van der Waals surface area (Å²) >= 11 is 0. The lowest BCUT2D eigenvalue weighted by atomic mass is 9.98. The van der Waals surface area contributed by atoms with E-state index in [0.717, 1.165) is 12.8 Å². The minimum absolute atomic E-state index is 0.0181. The summed E-state index contributed by atoms with van der Waals surface area (Å²) in [5.41, 5.74) is 0. The van der Waals surface area contributed by atoms with Crippen molar-refractivity contribution < 1.29 is 19.2 Å². The first kappa shape index (κ1) is 12.9. The van der Waals surface area contributed by atoms with E-state index in [1.165, 1.54) is 0 Å². The van der Waals surface area contributed by atoms with Crippen molar-refractivity contribution in [2.75, 3.05) is 26.3 Å². The molecule has 1 aliphatic heterocycles. The molecule has 0 spiro atoms. The summed E-state index contributed by atoms with van der Waals surface area (Å²) in [6, 6.07) is 1.64. The maximum Gasteiger partial charge on any atom is 0.260 e. The third-order valence-electron chi connectivity index (χ3n) is 3.18. The Balaban J connectivity index is 1.75. The number of nitrogens with zero attached hydrogens (tertiary/aromatic N) is 2. The standard InChI is InChI=1S/C12H18N2O4/c1-9-6-11(13-18-9)17-8-12(16)14-4-2-10(7-15)3-5-14/h6,10,15H,2-5,7-8H2,1H3. The molecule has 0 aromatic carbocycles. The predicted octanol–water partition coefficient (Wildman–Crippen LogP) is 0.593. The van der Waals surface area contributed by atoms with Gasteiger partial charge in [0, 0.05) is 25.8 Å². The van der Waals surface area contributed by atoms with Crippen LogP contribution in [0.5, 0.6) is 5.88 Å². The highest BCUT2D eigenvalue weighted by Gasteiger charge is 2.22. The second-order valence-corrected chi connectivity index (χ2v) is 4.57. The van der Waals surface area contributed by atoms with Crippen molar-refractivity contribution in [3.8, 4) is 5.88 Å². The van der Waals surface area contributed by atoms with Gasteiger partial charge in [0.2, 0.25) is 0 Å². The number of aliphatic hydroxyl groups excluding tert-OH is 1. The van der Waals surface area contributed by atoms with Crippen molar-refractivity contribution in [3.05, 3.63) is 11.8 Å². The Morgan fingerprint density at radius 3 is 2.89 bits per heavy atom. The molecular formula is C12H18N2O4. The number of carbonyl (C=O) groups excluding carboxylic acids is 1. The molecular weight excluding hydrogens is 236 g/mol. The summed E-state index contributed by atoms with van der Waals surface area (Å²) in [6.45, 7) is 3.32.